The molecule has 1 saturated heterocycles. The van der Waals surface area contributed by atoms with E-state index >= 15 is 0 Å². The number of hydrogen-bond acceptors (Lipinski definition) is 3. The summed E-state index contributed by atoms with van der Waals surface area (Å²) in [5.74, 6) is 2.31. The molecule has 0 radical (unpaired) electrons. The molecule has 0 aliphatic carbocycles. The van der Waals surface area contributed by atoms with Crippen molar-refractivity contribution >= 4 is 5.97 Å². The minimum absolute atomic E-state index is 0.272. The molecule has 76 valence electrons. The van der Waals surface area contributed by atoms with E-state index in [1.54, 1.807) is 13.0 Å². The van der Waals surface area contributed by atoms with Crippen LogP contribution in [0.4, 0.5) is 0 Å². The fraction of sp³-hybridized carbons (Fsp3) is 0.545. The van der Waals surface area contributed by atoms with Crippen LogP contribution in [0, 0.1) is 12.3 Å². The Hall–Kier alpha value is -1.43. The van der Waals surface area contributed by atoms with Gasteiger partial charge in [-0.2, -0.15) is 0 Å². The zero-order valence-electron chi connectivity index (χ0n) is 8.45. The lowest BCUT2D eigenvalue weighted by Gasteiger charge is -2.15. The SMILES string of the molecule is C#CCN1CCC/C1=C/C(=O)OCC. The molecule has 1 rings (SSSR count). The first-order chi connectivity index (χ1) is 6.77. The molecule has 0 atom stereocenters. The lowest BCUT2D eigenvalue weighted by molar-refractivity contribution is -0.137. The molecule has 1 heterocycles. The van der Waals surface area contributed by atoms with Crippen molar-refractivity contribution in [1.29, 1.82) is 0 Å². The zero-order valence-corrected chi connectivity index (χ0v) is 8.45. The number of allylic oxidation sites excluding steroid dienone is 1. The third-order valence-corrected chi connectivity index (χ3v) is 2.12. The molecule has 3 nitrogen and oxygen atoms in total. The third kappa shape index (κ3) is 2.81. The minimum Gasteiger partial charge on any atom is -0.463 e. The second-order valence-corrected chi connectivity index (χ2v) is 3.12. The second-order valence-electron chi connectivity index (χ2n) is 3.12. The molecule has 0 unspecified atom stereocenters. The van der Waals surface area contributed by atoms with Crippen LogP contribution in [0.1, 0.15) is 19.8 Å². The van der Waals surface area contributed by atoms with Crippen molar-refractivity contribution in [3.63, 3.8) is 0 Å². The summed E-state index contributed by atoms with van der Waals surface area (Å²) in [4.78, 5) is 13.2. The van der Waals surface area contributed by atoms with Crippen molar-refractivity contribution in [2.45, 2.75) is 19.8 Å². The molecule has 0 aromatic carbocycles. The number of carbonyl (C=O) groups excluding carboxylic acids is 1. The Morgan fingerprint density at radius 3 is 3.21 bits per heavy atom. The van der Waals surface area contributed by atoms with Crippen molar-refractivity contribution in [1.82, 2.24) is 4.90 Å². The van der Waals surface area contributed by atoms with Crippen molar-refractivity contribution in [2.24, 2.45) is 0 Å². The van der Waals surface area contributed by atoms with Crippen LogP contribution in [-0.4, -0.2) is 30.6 Å². The van der Waals surface area contributed by atoms with E-state index in [0.29, 0.717) is 13.2 Å². The van der Waals surface area contributed by atoms with E-state index in [2.05, 4.69) is 5.92 Å². The molecular formula is C11H15NO2. The highest BCUT2D eigenvalue weighted by Gasteiger charge is 2.16. The molecule has 0 aromatic heterocycles. The standard InChI is InChI=1S/C11H15NO2/c1-3-7-12-8-5-6-10(12)9-11(13)14-4-2/h1,9H,4-8H2,2H3/b10-9-. The summed E-state index contributed by atoms with van der Waals surface area (Å²) in [6.45, 7) is 3.72. The molecule has 1 fully saturated rings. The van der Waals surface area contributed by atoms with Gasteiger partial charge in [-0.05, 0) is 19.8 Å². The van der Waals surface area contributed by atoms with Gasteiger partial charge in [0.15, 0.2) is 0 Å². The molecular weight excluding hydrogens is 178 g/mol. The first kappa shape index (κ1) is 10.6. The summed E-state index contributed by atoms with van der Waals surface area (Å²) >= 11 is 0. The average Bonchev–Trinajstić information content (AvgIpc) is 2.54. The van der Waals surface area contributed by atoms with Gasteiger partial charge in [-0.3, -0.25) is 0 Å². The number of ether oxygens (including phenoxy) is 1. The number of carbonyl (C=O) groups is 1. The smallest absolute Gasteiger partial charge is 0.332 e. The van der Waals surface area contributed by atoms with Crippen LogP contribution in [0.5, 0.6) is 0 Å². The van der Waals surface area contributed by atoms with Gasteiger partial charge in [0.25, 0.3) is 0 Å². The molecule has 0 aromatic rings. The van der Waals surface area contributed by atoms with Crippen molar-refractivity contribution in [3.05, 3.63) is 11.8 Å². The van der Waals surface area contributed by atoms with Crippen LogP contribution >= 0.6 is 0 Å². The zero-order chi connectivity index (χ0) is 10.4. The Kier molecular flexibility index (Phi) is 4.06. The predicted octanol–water partition coefficient (Wildman–Crippen LogP) is 1.16. The van der Waals surface area contributed by atoms with Crippen LogP contribution < -0.4 is 0 Å². The van der Waals surface area contributed by atoms with Gasteiger partial charge in [0.1, 0.15) is 0 Å². The van der Waals surface area contributed by atoms with Crippen molar-refractivity contribution < 1.29 is 9.53 Å². The van der Waals surface area contributed by atoms with Crippen LogP contribution in [0.3, 0.4) is 0 Å². The highest BCUT2D eigenvalue weighted by atomic mass is 16.5. The summed E-state index contributed by atoms with van der Waals surface area (Å²) in [7, 11) is 0. The van der Waals surface area contributed by atoms with Gasteiger partial charge in [0.05, 0.1) is 13.2 Å². The maximum absolute atomic E-state index is 11.2. The van der Waals surface area contributed by atoms with Gasteiger partial charge >= 0.3 is 5.97 Å². The first-order valence-corrected chi connectivity index (χ1v) is 4.83. The number of hydrogen-bond donors (Lipinski definition) is 0. The number of esters is 1. The van der Waals surface area contributed by atoms with Gasteiger partial charge in [0, 0.05) is 18.3 Å². The molecule has 1 aliphatic rings. The monoisotopic (exact) mass is 193 g/mol. The maximum atomic E-state index is 11.2. The molecule has 14 heavy (non-hydrogen) atoms. The van der Waals surface area contributed by atoms with Gasteiger partial charge in [0.2, 0.25) is 0 Å². The van der Waals surface area contributed by atoms with Gasteiger partial charge in [-0.25, -0.2) is 4.79 Å². The largest absolute Gasteiger partial charge is 0.463 e. The second kappa shape index (κ2) is 5.33. The first-order valence-electron chi connectivity index (χ1n) is 4.83. The van der Waals surface area contributed by atoms with Crippen molar-refractivity contribution in [3.8, 4) is 12.3 Å². The average molecular weight is 193 g/mol. The Balaban J connectivity index is 2.57. The fourth-order valence-electron chi connectivity index (χ4n) is 1.53. The predicted molar refractivity (Wildman–Crippen MR) is 54.4 cm³/mol. The normalized spacial score (nSPS) is 18.3. The number of likely N-dealkylation sites (tertiary alicyclic amines) is 1. The van der Waals surface area contributed by atoms with Crippen LogP contribution in [-0.2, 0) is 9.53 Å². The topological polar surface area (TPSA) is 29.5 Å². The number of terminal acetylenes is 1. The minimum atomic E-state index is -0.272. The summed E-state index contributed by atoms with van der Waals surface area (Å²) in [5, 5.41) is 0. The summed E-state index contributed by atoms with van der Waals surface area (Å²) < 4.78 is 4.84. The van der Waals surface area contributed by atoms with E-state index in [9.17, 15) is 4.79 Å². The fourth-order valence-corrected chi connectivity index (χ4v) is 1.53. The molecule has 0 N–H and O–H groups in total. The molecule has 0 amide bonds. The van der Waals surface area contributed by atoms with Gasteiger partial charge in [-0.15, -0.1) is 6.42 Å². The van der Waals surface area contributed by atoms with Crippen LogP contribution in [0.2, 0.25) is 0 Å². The van der Waals surface area contributed by atoms with E-state index in [1.165, 1.54) is 0 Å². The van der Waals surface area contributed by atoms with Gasteiger partial charge < -0.3 is 9.64 Å². The number of rotatable bonds is 3. The van der Waals surface area contributed by atoms with E-state index < -0.39 is 0 Å². The van der Waals surface area contributed by atoms with E-state index in [-0.39, 0.29) is 5.97 Å². The maximum Gasteiger partial charge on any atom is 0.332 e. The van der Waals surface area contributed by atoms with E-state index in [1.807, 2.05) is 4.90 Å². The molecule has 1 aliphatic heterocycles. The summed E-state index contributed by atoms with van der Waals surface area (Å²) in [5.41, 5.74) is 1.00. The highest BCUT2D eigenvalue weighted by Crippen LogP contribution is 2.19. The molecule has 0 saturated carbocycles. The van der Waals surface area contributed by atoms with Gasteiger partial charge in [-0.1, -0.05) is 5.92 Å². The van der Waals surface area contributed by atoms with E-state index in [4.69, 9.17) is 11.2 Å². The Morgan fingerprint density at radius 1 is 1.79 bits per heavy atom. The molecule has 3 heteroatoms. The van der Waals surface area contributed by atoms with Crippen LogP contribution in [0.25, 0.3) is 0 Å². The van der Waals surface area contributed by atoms with E-state index in [0.717, 1.165) is 25.1 Å². The lowest BCUT2D eigenvalue weighted by atomic mass is 10.3. The Bertz CT molecular complexity index is 276. The summed E-state index contributed by atoms with van der Waals surface area (Å²) in [6, 6.07) is 0. The third-order valence-electron chi connectivity index (χ3n) is 2.12. The molecule has 0 bridgehead atoms. The molecule has 0 spiro atoms. The van der Waals surface area contributed by atoms with Crippen molar-refractivity contribution in [2.75, 3.05) is 19.7 Å². The Morgan fingerprint density at radius 2 is 2.57 bits per heavy atom. The highest BCUT2D eigenvalue weighted by molar-refractivity contribution is 5.82. The quantitative estimate of drug-likeness (QED) is 0.383. The van der Waals surface area contributed by atoms with Crippen LogP contribution in [0.15, 0.2) is 11.8 Å². The summed E-state index contributed by atoms with van der Waals surface area (Å²) in [6.07, 6.45) is 8.75. The Labute approximate surface area is 84.7 Å². The lowest BCUT2D eigenvalue weighted by Crippen LogP contribution is -2.18. The number of nitrogens with zero attached hydrogens (tertiary/aromatic N) is 1.